The molecule has 4 bridgehead atoms. The maximum atomic E-state index is 15.0. The van der Waals surface area contributed by atoms with Crippen LogP contribution in [0.25, 0.3) is 0 Å². The van der Waals surface area contributed by atoms with Gasteiger partial charge in [0, 0.05) is 25.7 Å². The van der Waals surface area contributed by atoms with Crippen LogP contribution in [-0.2, 0) is 14.9 Å². The van der Waals surface area contributed by atoms with Crippen LogP contribution in [0, 0.1) is 17.8 Å². The highest BCUT2D eigenvalue weighted by Crippen LogP contribution is 2.57. The molecule has 1 aromatic rings. The van der Waals surface area contributed by atoms with Crippen LogP contribution >= 0.6 is 0 Å². The number of alkyl halides is 1. The summed E-state index contributed by atoms with van der Waals surface area (Å²) in [7, 11) is 0. The van der Waals surface area contributed by atoms with Gasteiger partial charge < -0.3 is 14.8 Å². The van der Waals surface area contributed by atoms with E-state index in [1.54, 1.807) is 0 Å². The summed E-state index contributed by atoms with van der Waals surface area (Å²) in [6.45, 7) is 8.91. The highest BCUT2D eigenvalue weighted by Gasteiger charge is 2.56. The summed E-state index contributed by atoms with van der Waals surface area (Å²) in [5.74, 6) is 1.94. The van der Waals surface area contributed by atoms with E-state index in [2.05, 4.69) is 10.2 Å². The predicted octanol–water partition coefficient (Wildman–Crippen LogP) is 3.71. The van der Waals surface area contributed by atoms with Crippen molar-refractivity contribution in [3.63, 3.8) is 0 Å². The highest BCUT2D eigenvalue weighted by atomic mass is 19.1. The molecule has 1 aromatic carbocycles. The number of ether oxygens (including phenoxy) is 2. The first-order chi connectivity index (χ1) is 15.3. The Balaban J connectivity index is 1.20. The lowest BCUT2D eigenvalue weighted by molar-refractivity contribution is -0.134. The Bertz CT molecular complexity index is 822. The highest BCUT2D eigenvalue weighted by molar-refractivity contribution is 5.87. The van der Waals surface area contributed by atoms with Crippen molar-refractivity contribution < 1.29 is 18.7 Å². The number of carbonyl (C=O) groups excluding carboxylic acids is 1. The molecule has 6 heteroatoms. The minimum Gasteiger partial charge on any atom is -0.492 e. The summed E-state index contributed by atoms with van der Waals surface area (Å²) in [6.07, 6.45) is 4.13. The first kappa shape index (κ1) is 22.1. The molecular weight excluding hydrogens is 407 g/mol. The van der Waals surface area contributed by atoms with Gasteiger partial charge in [0.25, 0.3) is 0 Å². The Hall–Kier alpha value is -1.66. The smallest absolute Gasteiger partial charge is 0.230 e. The lowest BCUT2D eigenvalue weighted by Crippen LogP contribution is -2.61. The minimum atomic E-state index is -0.972. The van der Waals surface area contributed by atoms with Gasteiger partial charge in [0.1, 0.15) is 18.0 Å². The van der Waals surface area contributed by atoms with Gasteiger partial charge in [0.2, 0.25) is 5.91 Å². The fourth-order valence-corrected chi connectivity index (χ4v) is 6.72. The molecule has 5 nitrogen and oxygen atoms in total. The average molecular weight is 445 g/mol. The molecular formula is C26H37FN2O3. The van der Waals surface area contributed by atoms with Crippen molar-refractivity contribution in [1.29, 1.82) is 0 Å². The Morgan fingerprint density at radius 1 is 1.22 bits per heavy atom. The van der Waals surface area contributed by atoms with Crippen LogP contribution in [0.3, 0.4) is 0 Å². The van der Waals surface area contributed by atoms with Gasteiger partial charge in [0.15, 0.2) is 0 Å². The molecule has 4 aliphatic carbocycles. The van der Waals surface area contributed by atoms with E-state index in [9.17, 15) is 4.79 Å². The molecule has 3 unspecified atom stereocenters. The van der Waals surface area contributed by atoms with Crippen LogP contribution in [0.15, 0.2) is 24.3 Å². The molecule has 1 heterocycles. The van der Waals surface area contributed by atoms with Crippen LogP contribution in [0.5, 0.6) is 5.75 Å². The molecule has 176 valence electrons. The maximum Gasteiger partial charge on any atom is 0.230 e. The third-order valence-electron chi connectivity index (χ3n) is 8.40. The Kier molecular flexibility index (Phi) is 5.95. The van der Waals surface area contributed by atoms with E-state index in [4.69, 9.17) is 9.47 Å². The summed E-state index contributed by atoms with van der Waals surface area (Å²) in [4.78, 5) is 15.7. The van der Waals surface area contributed by atoms with Gasteiger partial charge in [-0.05, 0) is 81.4 Å². The monoisotopic (exact) mass is 444 g/mol. The molecule has 4 saturated carbocycles. The molecule has 6 rings (SSSR count). The second-order valence-electron chi connectivity index (χ2n) is 11.1. The fraction of sp³-hybridized carbons (Fsp3) is 0.731. The predicted molar refractivity (Wildman–Crippen MR) is 122 cm³/mol. The van der Waals surface area contributed by atoms with Gasteiger partial charge in [-0.3, -0.25) is 9.69 Å². The van der Waals surface area contributed by atoms with Gasteiger partial charge in [-0.1, -0.05) is 12.1 Å². The quantitative estimate of drug-likeness (QED) is 0.697. The Labute approximate surface area is 191 Å². The van der Waals surface area contributed by atoms with Crippen molar-refractivity contribution in [3.8, 4) is 5.75 Å². The molecule has 1 saturated heterocycles. The number of benzene rings is 1. The zero-order valence-corrected chi connectivity index (χ0v) is 19.4. The summed E-state index contributed by atoms with van der Waals surface area (Å²) in [6, 6.07) is 8.03. The largest absolute Gasteiger partial charge is 0.492 e. The van der Waals surface area contributed by atoms with Gasteiger partial charge in [0.05, 0.1) is 18.6 Å². The second kappa shape index (κ2) is 8.60. The fourth-order valence-electron chi connectivity index (χ4n) is 6.72. The lowest BCUT2D eigenvalue weighted by atomic mass is 9.53. The van der Waals surface area contributed by atoms with Crippen molar-refractivity contribution in [3.05, 3.63) is 29.8 Å². The first-order valence-electron chi connectivity index (χ1n) is 12.4. The number of amides is 1. The van der Waals surface area contributed by atoms with E-state index < -0.39 is 11.1 Å². The average Bonchev–Trinajstić information content (AvgIpc) is 2.76. The van der Waals surface area contributed by atoms with E-state index in [1.807, 2.05) is 38.1 Å². The number of hydrogen-bond donors (Lipinski definition) is 1. The maximum absolute atomic E-state index is 15.0. The molecule has 1 aliphatic heterocycles. The molecule has 0 aromatic heterocycles. The summed E-state index contributed by atoms with van der Waals surface area (Å²) in [5, 5.41) is 3.36. The minimum absolute atomic E-state index is 0.0355. The molecule has 5 atom stereocenters. The Morgan fingerprint density at radius 2 is 1.94 bits per heavy atom. The van der Waals surface area contributed by atoms with Crippen LogP contribution in [0.1, 0.15) is 51.5 Å². The van der Waals surface area contributed by atoms with Crippen LogP contribution in [0.2, 0.25) is 0 Å². The van der Waals surface area contributed by atoms with Gasteiger partial charge >= 0.3 is 0 Å². The molecule has 1 N–H and O–H groups in total. The first-order valence-corrected chi connectivity index (χ1v) is 12.4. The van der Waals surface area contributed by atoms with E-state index >= 15 is 4.39 Å². The van der Waals surface area contributed by atoms with Crippen LogP contribution in [-0.4, -0.2) is 62.0 Å². The van der Waals surface area contributed by atoms with E-state index in [0.717, 1.165) is 63.4 Å². The standard InChI is InChI=1S/C26H37FN2O3/c1-25(2,21-4-3-5-22(14-21)32-11-8-29-6-9-31-10-7-29)24(30)28-23-19-12-18-13-20(23)17-26(27,15-18)16-19/h3-5,14,18-20,23H,6-13,15-17H2,1-2H3,(H,28,30)/t18?,19-,20+,23?,26?. The number of hydrogen-bond acceptors (Lipinski definition) is 4. The zero-order chi connectivity index (χ0) is 22.3. The second-order valence-corrected chi connectivity index (χ2v) is 11.1. The topological polar surface area (TPSA) is 50.8 Å². The number of nitrogens with zero attached hydrogens (tertiary/aromatic N) is 1. The number of carbonyl (C=O) groups is 1. The summed E-state index contributed by atoms with van der Waals surface area (Å²) >= 11 is 0. The molecule has 32 heavy (non-hydrogen) atoms. The van der Waals surface area contributed by atoms with Crippen molar-refractivity contribution in [1.82, 2.24) is 10.2 Å². The number of rotatable bonds is 7. The van der Waals surface area contributed by atoms with Crippen LogP contribution in [0.4, 0.5) is 4.39 Å². The number of morpholine rings is 1. The van der Waals surface area contributed by atoms with E-state index in [0.29, 0.717) is 37.2 Å². The van der Waals surface area contributed by atoms with E-state index in [-0.39, 0.29) is 11.9 Å². The van der Waals surface area contributed by atoms with Crippen molar-refractivity contribution in [2.24, 2.45) is 17.8 Å². The summed E-state index contributed by atoms with van der Waals surface area (Å²) < 4.78 is 26.4. The third kappa shape index (κ3) is 4.41. The SMILES string of the molecule is CC(C)(C(=O)NC1[C@@H]2CC3C[C@H]1CC(F)(C3)C2)c1cccc(OCCN2CCOCC2)c1. The molecule has 5 fully saturated rings. The number of halogens is 1. The molecule has 0 radical (unpaired) electrons. The Morgan fingerprint density at radius 3 is 2.62 bits per heavy atom. The van der Waals surface area contributed by atoms with Gasteiger partial charge in [-0.2, -0.15) is 0 Å². The third-order valence-corrected chi connectivity index (χ3v) is 8.40. The van der Waals surface area contributed by atoms with E-state index in [1.165, 1.54) is 0 Å². The summed E-state index contributed by atoms with van der Waals surface area (Å²) in [5.41, 5.74) is -0.698. The zero-order valence-electron chi connectivity index (χ0n) is 19.4. The molecule has 1 amide bonds. The van der Waals surface area contributed by atoms with Crippen LogP contribution < -0.4 is 10.1 Å². The lowest BCUT2D eigenvalue weighted by Gasteiger charge is -2.57. The molecule has 0 spiro atoms. The van der Waals surface area contributed by atoms with Crippen molar-refractivity contribution in [2.45, 2.75) is 63.1 Å². The van der Waals surface area contributed by atoms with Gasteiger partial charge in [-0.15, -0.1) is 0 Å². The number of nitrogens with one attached hydrogen (secondary N) is 1. The van der Waals surface area contributed by atoms with Crippen molar-refractivity contribution in [2.75, 3.05) is 39.5 Å². The normalized spacial score (nSPS) is 34.5. The van der Waals surface area contributed by atoms with Crippen molar-refractivity contribution >= 4 is 5.91 Å². The van der Waals surface area contributed by atoms with Gasteiger partial charge in [-0.25, -0.2) is 4.39 Å². The molecule has 5 aliphatic rings.